The molecule has 0 aliphatic rings. The molecule has 2 aromatic carbocycles. The summed E-state index contributed by atoms with van der Waals surface area (Å²) >= 11 is 0. The Morgan fingerprint density at radius 1 is 0.923 bits per heavy atom. The third kappa shape index (κ3) is 4.39. The van der Waals surface area contributed by atoms with Crippen molar-refractivity contribution in [2.45, 2.75) is 32.7 Å². The summed E-state index contributed by atoms with van der Waals surface area (Å²) in [6.45, 7) is 7.42. The van der Waals surface area contributed by atoms with Gasteiger partial charge in [-0.3, -0.25) is 0 Å². The van der Waals surface area contributed by atoms with Crippen molar-refractivity contribution in [1.29, 1.82) is 0 Å². The molecule has 0 saturated heterocycles. The first kappa shape index (κ1) is 17.9. The summed E-state index contributed by atoms with van der Waals surface area (Å²) in [6.07, 6.45) is 1.80. The average molecular weight is 346 g/mol. The number of para-hydroxylation sites is 1. The highest BCUT2D eigenvalue weighted by Crippen LogP contribution is 2.30. The zero-order valence-corrected chi connectivity index (χ0v) is 15.9. The van der Waals surface area contributed by atoms with Crippen molar-refractivity contribution in [2.24, 2.45) is 0 Å². The number of nitrogens with one attached hydrogen (secondary N) is 1. The summed E-state index contributed by atoms with van der Waals surface area (Å²) in [5.74, 6) is 1.50. The molecular formula is C22H26N4. The summed E-state index contributed by atoms with van der Waals surface area (Å²) in [7, 11) is 2.04. The Bertz CT molecular complexity index is 853. The van der Waals surface area contributed by atoms with Crippen molar-refractivity contribution < 1.29 is 0 Å². The van der Waals surface area contributed by atoms with Gasteiger partial charge >= 0.3 is 0 Å². The van der Waals surface area contributed by atoms with Crippen LogP contribution in [-0.2, 0) is 12.0 Å². The van der Waals surface area contributed by atoms with Gasteiger partial charge in [0.25, 0.3) is 0 Å². The third-order valence-electron chi connectivity index (χ3n) is 4.28. The maximum atomic E-state index is 4.69. The van der Waals surface area contributed by atoms with E-state index in [4.69, 9.17) is 4.98 Å². The van der Waals surface area contributed by atoms with Crippen molar-refractivity contribution in [2.75, 3.05) is 17.3 Å². The first-order valence-electron chi connectivity index (χ1n) is 8.88. The van der Waals surface area contributed by atoms with E-state index >= 15 is 0 Å². The number of rotatable bonds is 5. The van der Waals surface area contributed by atoms with Crippen molar-refractivity contribution in [3.63, 3.8) is 0 Å². The second-order valence-corrected chi connectivity index (χ2v) is 7.50. The van der Waals surface area contributed by atoms with Crippen LogP contribution < -0.4 is 10.2 Å². The highest BCUT2D eigenvalue weighted by molar-refractivity contribution is 5.61. The number of hydrogen-bond acceptors (Lipinski definition) is 4. The second-order valence-electron chi connectivity index (χ2n) is 7.50. The van der Waals surface area contributed by atoms with E-state index in [0.717, 1.165) is 18.1 Å². The minimum absolute atomic E-state index is 0.0469. The Morgan fingerprint density at radius 2 is 1.62 bits per heavy atom. The summed E-state index contributed by atoms with van der Waals surface area (Å²) < 4.78 is 0. The molecule has 4 heteroatoms. The standard InChI is InChI=1S/C22H26N4/c1-22(2,3)18-12-8-9-13-19(18)24-21-23-15-14-20(25-21)26(4)16-17-10-6-5-7-11-17/h5-15H,16H2,1-4H3,(H,23,24,25). The van der Waals surface area contributed by atoms with Crippen LogP contribution in [0.4, 0.5) is 17.5 Å². The Kier molecular flexibility index (Phi) is 5.21. The maximum absolute atomic E-state index is 4.69. The lowest BCUT2D eigenvalue weighted by Gasteiger charge is -2.23. The number of hydrogen-bond donors (Lipinski definition) is 1. The zero-order valence-electron chi connectivity index (χ0n) is 15.9. The lowest BCUT2D eigenvalue weighted by Crippen LogP contribution is -2.18. The molecule has 0 aliphatic heterocycles. The minimum atomic E-state index is 0.0469. The molecule has 0 fully saturated rings. The quantitative estimate of drug-likeness (QED) is 0.693. The third-order valence-corrected chi connectivity index (χ3v) is 4.28. The van der Waals surface area contributed by atoms with Crippen LogP contribution in [-0.4, -0.2) is 17.0 Å². The van der Waals surface area contributed by atoms with Crippen molar-refractivity contribution >= 4 is 17.5 Å². The van der Waals surface area contributed by atoms with Crippen LogP contribution in [0.5, 0.6) is 0 Å². The fourth-order valence-electron chi connectivity index (χ4n) is 2.93. The topological polar surface area (TPSA) is 41.1 Å². The number of nitrogens with zero attached hydrogens (tertiary/aromatic N) is 3. The molecule has 0 radical (unpaired) electrons. The van der Waals surface area contributed by atoms with Crippen molar-refractivity contribution in [3.05, 3.63) is 78.0 Å². The molecule has 0 bridgehead atoms. The van der Waals surface area contributed by atoms with Crippen molar-refractivity contribution in [3.8, 4) is 0 Å². The van der Waals surface area contributed by atoms with Crippen LogP contribution in [0.2, 0.25) is 0 Å². The van der Waals surface area contributed by atoms with E-state index in [1.807, 2.05) is 25.2 Å². The maximum Gasteiger partial charge on any atom is 0.229 e. The molecule has 0 spiro atoms. The van der Waals surface area contributed by atoms with Gasteiger partial charge in [-0.25, -0.2) is 4.98 Å². The SMILES string of the molecule is CN(Cc1ccccc1)c1ccnc(Nc2ccccc2C(C)(C)C)n1. The normalized spacial score (nSPS) is 11.2. The predicted molar refractivity (Wildman–Crippen MR) is 109 cm³/mol. The van der Waals surface area contributed by atoms with Crippen LogP contribution in [0.15, 0.2) is 66.9 Å². The Morgan fingerprint density at radius 3 is 2.35 bits per heavy atom. The minimum Gasteiger partial charge on any atom is -0.355 e. The van der Waals surface area contributed by atoms with E-state index in [-0.39, 0.29) is 5.41 Å². The number of aromatic nitrogens is 2. The van der Waals surface area contributed by atoms with Gasteiger partial charge in [0.2, 0.25) is 5.95 Å². The lowest BCUT2D eigenvalue weighted by molar-refractivity contribution is 0.592. The molecule has 3 rings (SSSR count). The molecule has 1 heterocycles. The molecule has 1 aromatic heterocycles. The highest BCUT2D eigenvalue weighted by atomic mass is 15.2. The van der Waals surface area contributed by atoms with Gasteiger partial charge in [-0.2, -0.15) is 4.98 Å². The Balaban J connectivity index is 1.80. The van der Waals surface area contributed by atoms with Crippen LogP contribution in [0.3, 0.4) is 0 Å². The van der Waals surface area contributed by atoms with E-state index in [2.05, 4.69) is 78.4 Å². The van der Waals surface area contributed by atoms with E-state index in [1.54, 1.807) is 6.20 Å². The monoisotopic (exact) mass is 346 g/mol. The van der Waals surface area contributed by atoms with E-state index in [0.29, 0.717) is 5.95 Å². The largest absolute Gasteiger partial charge is 0.355 e. The molecule has 26 heavy (non-hydrogen) atoms. The molecule has 0 atom stereocenters. The van der Waals surface area contributed by atoms with Gasteiger partial charge in [0.05, 0.1) is 0 Å². The number of anilines is 3. The molecule has 0 unspecified atom stereocenters. The Hall–Kier alpha value is -2.88. The molecule has 134 valence electrons. The summed E-state index contributed by atoms with van der Waals surface area (Å²) in [6, 6.07) is 20.6. The smallest absolute Gasteiger partial charge is 0.229 e. The molecule has 3 aromatic rings. The lowest BCUT2D eigenvalue weighted by atomic mass is 9.86. The molecule has 0 saturated carbocycles. The van der Waals surface area contributed by atoms with Crippen LogP contribution >= 0.6 is 0 Å². The predicted octanol–water partition coefficient (Wildman–Crippen LogP) is 5.15. The molecular weight excluding hydrogens is 320 g/mol. The summed E-state index contributed by atoms with van der Waals surface area (Å²) in [5.41, 5.74) is 3.58. The summed E-state index contributed by atoms with van der Waals surface area (Å²) in [5, 5.41) is 3.39. The van der Waals surface area contributed by atoms with Crippen LogP contribution in [0, 0.1) is 0 Å². The van der Waals surface area contributed by atoms with Crippen LogP contribution in [0.25, 0.3) is 0 Å². The van der Waals surface area contributed by atoms with Gasteiger partial charge in [0.1, 0.15) is 5.82 Å². The average Bonchev–Trinajstić information content (AvgIpc) is 2.62. The first-order chi connectivity index (χ1) is 12.4. The van der Waals surface area contributed by atoms with Crippen LogP contribution in [0.1, 0.15) is 31.9 Å². The van der Waals surface area contributed by atoms with Gasteiger partial charge in [-0.05, 0) is 28.7 Å². The van der Waals surface area contributed by atoms with E-state index in [1.165, 1.54) is 11.1 Å². The fourth-order valence-corrected chi connectivity index (χ4v) is 2.93. The Labute approximate surface area is 155 Å². The zero-order chi connectivity index (χ0) is 18.6. The van der Waals surface area contributed by atoms with Gasteiger partial charge in [0, 0.05) is 25.5 Å². The first-order valence-corrected chi connectivity index (χ1v) is 8.88. The highest BCUT2D eigenvalue weighted by Gasteiger charge is 2.18. The van der Waals surface area contributed by atoms with Gasteiger partial charge in [0.15, 0.2) is 0 Å². The van der Waals surface area contributed by atoms with Gasteiger partial charge < -0.3 is 10.2 Å². The molecule has 0 aliphatic carbocycles. The van der Waals surface area contributed by atoms with E-state index < -0.39 is 0 Å². The van der Waals surface area contributed by atoms with Crippen molar-refractivity contribution in [1.82, 2.24) is 9.97 Å². The van der Waals surface area contributed by atoms with E-state index in [9.17, 15) is 0 Å². The van der Waals surface area contributed by atoms with Gasteiger partial charge in [-0.15, -0.1) is 0 Å². The fraction of sp³-hybridized carbons (Fsp3) is 0.273. The molecule has 0 amide bonds. The molecule has 4 nitrogen and oxygen atoms in total. The molecule has 1 N–H and O–H groups in total. The van der Waals surface area contributed by atoms with Gasteiger partial charge in [-0.1, -0.05) is 69.3 Å². The number of benzene rings is 2. The second kappa shape index (κ2) is 7.56. The summed E-state index contributed by atoms with van der Waals surface area (Å²) in [4.78, 5) is 11.2.